The van der Waals surface area contributed by atoms with Crippen LogP contribution in [0.4, 0.5) is 0 Å². The number of ether oxygens (including phenoxy) is 1. The van der Waals surface area contributed by atoms with E-state index >= 15 is 0 Å². The molecule has 0 amide bonds. The van der Waals surface area contributed by atoms with Crippen molar-refractivity contribution in [3.05, 3.63) is 23.3 Å². The summed E-state index contributed by atoms with van der Waals surface area (Å²) in [6, 6.07) is 5.21. The second-order valence-corrected chi connectivity index (χ2v) is 3.00. The van der Waals surface area contributed by atoms with Gasteiger partial charge in [0, 0.05) is 5.56 Å². The van der Waals surface area contributed by atoms with Crippen LogP contribution in [-0.2, 0) is 6.42 Å². The van der Waals surface area contributed by atoms with Gasteiger partial charge in [-0.3, -0.25) is 0 Å². The molecule has 13 heavy (non-hydrogen) atoms. The summed E-state index contributed by atoms with van der Waals surface area (Å²) in [5.41, 5.74) is 1.20. The summed E-state index contributed by atoms with van der Waals surface area (Å²) in [5.74, 6) is 0.785. The number of nitriles is 1. The molecule has 0 saturated heterocycles. The topological polar surface area (TPSA) is 53.2 Å². The number of phenols is 1. The first kappa shape index (κ1) is 7.93. The molecule has 0 unspecified atom stereocenters. The predicted molar refractivity (Wildman–Crippen MR) is 46.6 cm³/mol. The van der Waals surface area contributed by atoms with Crippen LogP contribution in [0.2, 0.25) is 0 Å². The van der Waals surface area contributed by atoms with Gasteiger partial charge in [-0.2, -0.15) is 5.26 Å². The Balaban J connectivity index is 2.60. The van der Waals surface area contributed by atoms with E-state index in [4.69, 9.17) is 10.00 Å². The Labute approximate surface area is 76.2 Å². The molecule has 1 aromatic carbocycles. The first-order chi connectivity index (χ1) is 6.33. The summed E-state index contributed by atoms with van der Waals surface area (Å²) in [4.78, 5) is 0. The highest BCUT2D eigenvalue weighted by Crippen LogP contribution is 2.32. The lowest BCUT2D eigenvalue weighted by molar-refractivity contribution is 0.287. The number of phenolic OH excluding ortho intramolecular Hbond substituents is 1. The fraction of sp³-hybridized carbons (Fsp3) is 0.300. The lowest BCUT2D eigenvalue weighted by Gasteiger charge is -2.18. The van der Waals surface area contributed by atoms with E-state index in [1.54, 1.807) is 6.07 Å². The molecule has 1 N–H and O–H groups in total. The normalized spacial score (nSPS) is 14.1. The van der Waals surface area contributed by atoms with Crippen molar-refractivity contribution in [2.24, 2.45) is 0 Å². The number of aromatic hydroxyl groups is 1. The smallest absolute Gasteiger partial charge is 0.133 e. The molecule has 2 rings (SSSR count). The van der Waals surface area contributed by atoms with E-state index in [9.17, 15) is 5.11 Å². The summed E-state index contributed by atoms with van der Waals surface area (Å²) in [5, 5.41) is 18.2. The highest BCUT2D eigenvalue weighted by molar-refractivity contribution is 5.55. The predicted octanol–water partition coefficient (Wildman–Crippen LogP) is 1.59. The lowest BCUT2D eigenvalue weighted by Crippen LogP contribution is -2.09. The molecular formula is C10H9NO2. The van der Waals surface area contributed by atoms with Gasteiger partial charge in [0.05, 0.1) is 6.61 Å². The zero-order valence-corrected chi connectivity index (χ0v) is 7.08. The second-order valence-electron chi connectivity index (χ2n) is 3.00. The van der Waals surface area contributed by atoms with Gasteiger partial charge in [-0.15, -0.1) is 0 Å². The quantitative estimate of drug-likeness (QED) is 0.651. The molecular weight excluding hydrogens is 166 g/mol. The molecule has 1 aliphatic heterocycles. The molecule has 1 heterocycles. The average molecular weight is 175 g/mol. The number of hydrogen-bond acceptors (Lipinski definition) is 3. The Morgan fingerprint density at radius 3 is 3.08 bits per heavy atom. The van der Waals surface area contributed by atoms with Crippen molar-refractivity contribution >= 4 is 0 Å². The van der Waals surface area contributed by atoms with Crippen LogP contribution in [0.25, 0.3) is 0 Å². The summed E-state index contributed by atoms with van der Waals surface area (Å²) in [6.07, 6.45) is 1.72. The van der Waals surface area contributed by atoms with Gasteiger partial charge in [-0.05, 0) is 25.0 Å². The summed E-state index contributed by atoms with van der Waals surface area (Å²) < 4.78 is 5.36. The molecule has 0 radical (unpaired) electrons. The summed E-state index contributed by atoms with van der Waals surface area (Å²) in [6.45, 7) is 0.697. The molecule has 0 atom stereocenters. The van der Waals surface area contributed by atoms with E-state index in [0.717, 1.165) is 24.2 Å². The van der Waals surface area contributed by atoms with E-state index in [2.05, 4.69) is 0 Å². The Kier molecular flexibility index (Phi) is 1.82. The Bertz CT molecular complexity index is 379. The van der Waals surface area contributed by atoms with Crippen LogP contribution in [0.15, 0.2) is 12.1 Å². The van der Waals surface area contributed by atoms with E-state index in [1.165, 1.54) is 6.07 Å². The van der Waals surface area contributed by atoms with Gasteiger partial charge < -0.3 is 9.84 Å². The molecule has 1 aliphatic rings. The van der Waals surface area contributed by atoms with Crippen LogP contribution in [-0.4, -0.2) is 11.7 Å². The molecule has 1 aromatic rings. The fourth-order valence-corrected chi connectivity index (χ4v) is 1.56. The van der Waals surface area contributed by atoms with E-state index < -0.39 is 0 Å². The number of nitrogens with zero attached hydrogens (tertiary/aromatic N) is 1. The van der Waals surface area contributed by atoms with E-state index in [-0.39, 0.29) is 5.75 Å². The van der Waals surface area contributed by atoms with Gasteiger partial charge >= 0.3 is 0 Å². The molecule has 3 nitrogen and oxygen atoms in total. The van der Waals surface area contributed by atoms with E-state index in [0.29, 0.717) is 12.2 Å². The standard InChI is InChI=1S/C10H9NO2/c11-6-8-7-2-1-5-13-10(7)4-3-9(8)12/h3-4,12H,1-2,5H2. The van der Waals surface area contributed by atoms with Crippen LogP contribution in [0.3, 0.4) is 0 Å². The Morgan fingerprint density at radius 2 is 2.31 bits per heavy atom. The molecule has 3 heteroatoms. The maximum absolute atomic E-state index is 9.39. The first-order valence-corrected chi connectivity index (χ1v) is 4.20. The maximum atomic E-state index is 9.39. The lowest BCUT2D eigenvalue weighted by atomic mass is 10.00. The molecule has 0 aliphatic carbocycles. The van der Waals surface area contributed by atoms with Crippen LogP contribution >= 0.6 is 0 Å². The highest BCUT2D eigenvalue weighted by Gasteiger charge is 2.16. The van der Waals surface area contributed by atoms with Gasteiger partial charge in [0.15, 0.2) is 0 Å². The van der Waals surface area contributed by atoms with Crippen molar-refractivity contribution in [1.82, 2.24) is 0 Å². The minimum atomic E-state index is 0.0479. The SMILES string of the molecule is N#Cc1c(O)ccc2c1CCCO2. The average Bonchev–Trinajstić information content (AvgIpc) is 2.18. The van der Waals surface area contributed by atoms with Crippen molar-refractivity contribution < 1.29 is 9.84 Å². The van der Waals surface area contributed by atoms with Gasteiger partial charge in [0.2, 0.25) is 0 Å². The first-order valence-electron chi connectivity index (χ1n) is 4.20. The molecule has 0 fully saturated rings. The van der Waals surface area contributed by atoms with Crippen LogP contribution in [0.1, 0.15) is 17.5 Å². The van der Waals surface area contributed by atoms with Crippen molar-refractivity contribution in [3.63, 3.8) is 0 Å². The Morgan fingerprint density at radius 1 is 1.46 bits per heavy atom. The number of hydrogen-bond donors (Lipinski definition) is 1. The monoisotopic (exact) mass is 175 g/mol. The third kappa shape index (κ3) is 1.20. The number of rotatable bonds is 0. The van der Waals surface area contributed by atoms with Gasteiger partial charge in [0.25, 0.3) is 0 Å². The summed E-state index contributed by atoms with van der Waals surface area (Å²) in [7, 11) is 0. The summed E-state index contributed by atoms with van der Waals surface area (Å²) >= 11 is 0. The third-order valence-electron chi connectivity index (χ3n) is 2.19. The fourth-order valence-electron chi connectivity index (χ4n) is 1.56. The minimum Gasteiger partial charge on any atom is -0.507 e. The van der Waals surface area contributed by atoms with Gasteiger partial charge in [0.1, 0.15) is 23.1 Å². The van der Waals surface area contributed by atoms with Gasteiger partial charge in [-0.25, -0.2) is 0 Å². The van der Waals surface area contributed by atoms with Crippen molar-refractivity contribution in [3.8, 4) is 17.6 Å². The number of benzene rings is 1. The zero-order valence-electron chi connectivity index (χ0n) is 7.08. The van der Waals surface area contributed by atoms with Crippen molar-refractivity contribution in [2.75, 3.05) is 6.61 Å². The molecule has 0 aromatic heterocycles. The molecule has 0 saturated carbocycles. The molecule has 66 valence electrons. The molecule has 0 bridgehead atoms. The van der Waals surface area contributed by atoms with Crippen LogP contribution in [0.5, 0.6) is 11.5 Å². The van der Waals surface area contributed by atoms with Gasteiger partial charge in [-0.1, -0.05) is 0 Å². The largest absolute Gasteiger partial charge is 0.507 e. The second kappa shape index (κ2) is 2.98. The number of fused-ring (bicyclic) bond motifs is 1. The zero-order chi connectivity index (χ0) is 9.26. The van der Waals surface area contributed by atoms with Crippen molar-refractivity contribution in [1.29, 1.82) is 5.26 Å². The highest BCUT2D eigenvalue weighted by atomic mass is 16.5. The van der Waals surface area contributed by atoms with Crippen LogP contribution < -0.4 is 4.74 Å². The molecule has 0 spiro atoms. The third-order valence-corrected chi connectivity index (χ3v) is 2.19. The van der Waals surface area contributed by atoms with Crippen LogP contribution in [0, 0.1) is 11.3 Å². The maximum Gasteiger partial charge on any atom is 0.133 e. The minimum absolute atomic E-state index is 0.0479. The van der Waals surface area contributed by atoms with E-state index in [1.807, 2.05) is 6.07 Å². The Hall–Kier alpha value is -1.69. The van der Waals surface area contributed by atoms with Crippen molar-refractivity contribution in [2.45, 2.75) is 12.8 Å².